The minimum atomic E-state index is -3.47. The van der Waals surface area contributed by atoms with E-state index in [0.29, 0.717) is 11.5 Å². The average molecular weight is 283 g/mol. The first-order valence-electron chi connectivity index (χ1n) is 6.30. The van der Waals surface area contributed by atoms with Crippen LogP contribution in [-0.4, -0.2) is 26.6 Å². The van der Waals surface area contributed by atoms with Crippen LogP contribution in [0.5, 0.6) is 0 Å². The van der Waals surface area contributed by atoms with Gasteiger partial charge in [0.2, 0.25) is 5.91 Å². The summed E-state index contributed by atoms with van der Waals surface area (Å²) >= 11 is 0. The fourth-order valence-electron chi connectivity index (χ4n) is 1.72. The standard InChI is InChI=1S/C14H21NO3S/c1-10(2)13-7-5-12(6-8-13)9-19(17,18)11(3)14(16)15-4/h5-8,10-11H,9H2,1-4H3,(H,15,16). The minimum Gasteiger partial charge on any atom is -0.358 e. The monoisotopic (exact) mass is 283 g/mol. The Hall–Kier alpha value is -1.36. The summed E-state index contributed by atoms with van der Waals surface area (Å²) in [5.41, 5.74) is 1.88. The van der Waals surface area contributed by atoms with Crippen LogP contribution in [-0.2, 0) is 20.4 Å². The van der Waals surface area contributed by atoms with Crippen molar-refractivity contribution in [2.45, 2.75) is 37.7 Å². The molecule has 0 radical (unpaired) electrons. The number of nitrogens with one attached hydrogen (secondary N) is 1. The van der Waals surface area contributed by atoms with Crippen molar-refractivity contribution >= 4 is 15.7 Å². The number of carbonyl (C=O) groups is 1. The highest BCUT2D eigenvalue weighted by Crippen LogP contribution is 2.17. The van der Waals surface area contributed by atoms with Crippen molar-refractivity contribution in [2.75, 3.05) is 7.05 Å². The van der Waals surface area contributed by atoms with E-state index in [-0.39, 0.29) is 5.75 Å². The zero-order chi connectivity index (χ0) is 14.6. The molecule has 0 fully saturated rings. The molecule has 0 saturated carbocycles. The van der Waals surface area contributed by atoms with Gasteiger partial charge < -0.3 is 5.32 Å². The summed E-state index contributed by atoms with van der Waals surface area (Å²) in [6.45, 7) is 5.58. The molecule has 106 valence electrons. The zero-order valence-corrected chi connectivity index (χ0v) is 12.6. The number of carbonyl (C=O) groups excluding carboxylic acids is 1. The topological polar surface area (TPSA) is 63.2 Å². The maximum absolute atomic E-state index is 12.1. The molecule has 1 aromatic rings. The van der Waals surface area contributed by atoms with Gasteiger partial charge in [-0.05, 0) is 24.0 Å². The fourth-order valence-corrected chi connectivity index (χ4v) is 3.07. The molecule has 19 heavy (non-hydrogen) atoms. The first kappa shape index (κ1) is 15.7. The van der Waals surface area contributed by atoms with Gasteiger partial charge >= 0.3 is 0 Å². The van der Waals surface area contributed by atoms with E-state index in [2.05, 4.69) is 19.2 Å². The van der Waals surface area contributed by atoms with Gasteiger partial charge in [0.15, 0.2) is 9.84 Å². The van der Waals surface area contributed by atoms with Crippen molar-refractivity contribution in [3.05, 3.63) is 35.4 Å². The quantitative estimate of drug-likeness (QED) is 0.897. The van der Waals surface area contributed by atoms with Gasteiger partial charge in [0.25, 0.3) is 0 Å². The normalized spacial score (nSPS) is 13.3. The van der Waals surface area contributed by atoms with E-state index in [0.717, 1.165) is 0 Å². The molecule has 4 nitrogen and oxygen atoms in total. The molecular weight excluding hydrogens is 262 g/mol. The van der Waals surface area contributed by atoms with Gasteiger partial charge in [0.1, 0.15) is 5.25 Å². The Morgan fingerprint density at radius 3 is 2.11 bits per heavy atom. The first-order chi connectivity index (χ1) is 8.77. The maximum atomic E-state index is 12.1. The number of amides is 1. The van der Waals surface area contributed by atoms with Crippen molar-refractivity contribution in [2.24, 2.45) is 0 Å². The predicted molar refractivity (Wildman–Crippen MR) is 76.7 cm³/mol. The summed E-state index contributed by atoms with van der Waals surface area (Å²) in [4.78, 5) is 11.4. The van der Waals surface area contributed by atoms with Crippen LogP contribution in [0, 0.1) is 0 Å². The van der Waals surface area contributed by atoms with Crippen LogP contribution in [0.15, 0.2) is 24.3 Å². The van der Waals surface area contributed by atoms with Gasteiger partial charge in [0, 0.05) is 7.05 Å². The van der Waals surface area contributed by atoms with Crippen LogP contribution < -0.4 is 5.32 Å². The summed E-state index contributed by atoms with van der Waals surface area (Å²) in [6, 6.07) is 7.48. The minimum absolute atomic E-state index is 0.111. The van der Waals surface area contributed by atoms with Crippen molar-refractivity contribution in [3.8, 4) is 0 Å². The molecule has 0 aromatic heterocycles. The van der Waals surface area contributed by atoms with Crippen LogP contribution in [0.2, 0.25) is 0 Å². The molecule has 0 heterocycles. The summed E-state index contributed by atoms with van der Waals surface area (Å²) in [5.74, 6) is -0.172. The van der Waals surface area contributed by atoms with E-state index in [9.17, 15) is 13.2 Å². The van der Waals surface area contributed by atoms with E-state index >= 15 is 0 Å². The summed E-state index contributed by atoms with van der Waals surface area (Å²) in [7, 11) is -2.03. The molecule has 1 atom stereocenters. The Labute approximate surface area is 115 Å². The Bertz CT molecular complexity index is 532. The largest absolute Gasteiger partial charge is 0.358 e. The van der Waals surface area contributed by atoms with Crippen molar-refractivity contribution in [3.63, 3.8) is 0 Å². The SMILES string of the molecule is CNC(=O)C(C)S(=O)(=O)Cc1ccc(C(C)C)cc1. The van der Waals surface area contributed by atoms with E-state index in [1.54, 1.807) is 0 Å². The van der Waals surface area contributed by atoms with Gasteiger partial charge in [-0.1, -0.05) is 38.1 Å². The second-order valence-corrected chi connectivity index (χ2v) is 7.28. The highest BCUT2D eigenvalue weighted by Gasteiger charge is 2.27. The third kappa shape index (κ3) is 4.06. The second kappa shape index (κ2) is 6.19. The van der Waals surface area contributed by atoms with Gasteiger partial charge in [-0.25, -0.2) is 8.42 Å². The molecule has 1 N–H and O–H groups in total. The smallest absolute Gasteiger partial charge is 0.237 e. The fraction of sp³-hybridized carbons (Fsp3) is 0.500. The molecule has 0 aliphatic carbocycles. The Morgan fingerprint density at radius 1 is 1.16 bits per heavy atom. The predicted octanol–water partition coefficient (Wildman–Crippen LogP) is 1.86. The Kier molecular flexibility index (Phi) is 5.11. The van der Waals surface area contributed by atoms with Gasteiger partial charge in [-0.3, -0.25) is 4.79 Å². The second-order valence-electron chi connectivity index (χ2n) is 4.96. The molecule has 0 aliphatic rings. The van der Waals surface area contributed by atoms with Crippen molar-refractivity contribution in [1.82, 2.24) is 5.32 Å². The number of hydrogen-bond acceptors (Lipinski definition) is 3. The summed E-state index contributed by atoms with van der Waals surface area (Å²) in [6.07, 6.45) is 0. The Morgan fingerprint density at radius 2 is 1.68 bits per heavy atom. The van der Waals surface area contributed by atoms with Crippen LogP contribution in [0.4, 0.5) is 0 Å². The molecule has 1 rings (SSSR count). The molecule has 1 aromatic carbocycles. The molecular formula is C14H21NO3S. The molecule has 0 spiro atoms. The Balaban J connectivity index is 2.87. The van der Waals surface area contributed by atoms with Crippen molar-refractivity contribution in [1.29, 1.82) is 0 Å². The lowest BCUT2D eigenvalue weighted by Gasteiger charge is -2.12. The molecule has 1 unspecified atom stereocenters. The highest BCUT2D eigenvalue weighted by atomic mass is 32.2. The third-order valence-electron chi connectivity index (χ3n) is 3.17. The highest BCUT2D eigenvalue weighted by molar-refractivity contribution is 7.92. The van der Waals surface area contributed by atoms with Crippen LogP contribution in [0.25, 0.3) is 0 Å². The number of rotatable bonds is 5. The van der Waals surface area contributed by atoms with Crippen molar-refractivity contribution < 1.29 is 13.2 Å². The zero-order valence-electron chi connectivity index (χ0n) is 11.8. The third-order valence-corrected chi connectivity index (χ3v) is 5.20. The van der Waals surface area contributed by atoms with E-state index in [4.69, 9.17) is 0 Å². The first-order valence-corrected chi connectivity index (χ1v) is 8.01. The lowest BCUT2D eigenvalue weighted by atomic mass is 10.0. The van der Waals surface area contributed by atoms with Crippen LogP contribution in [0.3, 0.4) is 0 Å². The molecule has 0 saturated heterocycles. The van der Waals surface area contributed by atoms with E-state index < -0.39 is 21.0 Å². The lowest BCUT2D eigenvalue weighted by Crippen LogP contribution is -2.36. The number of sulfone groups is 1. The number of hydrogen-bond donors (Lipinski definition) is 1. The summed E-state index contributed by atoms with van der Waals surface area (Å²) in [5, 5.41) is 1.34. The average Bonchev–Trinajstić information content (AvgIpc) is 2.37. The summed E-state index contributed by atoms with van der Waals surface area (Å²) < 4.78 is 24.1. The van der Waals surface area contributed by atoms with E-state index in [1.165, 1.54) is 19.5 Å². The van der Waals surface area contributed by atoms with Gasteiger partial charge in [0.05, 0.1) is 5.75 Å². The molecule has 1 amide bonds. The van der Waals surface area contributed by atoms with Gasteiger partial charge in [-0.15, -0.1) is 0 Å². The maximum Gasteiger partial charge on any atom is 0.237 e. The lowest BCUT2D eigenvalue weighted by molar-refractivity contribution is -0.119. The molecule has 0 aliphatic heterocycles. The molecule has 5 heteroatoms. The van der Waals surface area contributed by atoms with Crippen LogP contribution in [0.1, 0.15) is 37.8 Å². The van der Waals surface area contributed by atoms with Crippen LogP contribution >= 0.6 is 0 Å². The van der Waals surface area contributed by atoms with E-state index in [1.807, 2.05) is 24.3 Å². The molecule has 0 bridgehead atoms. The van der Waals surface area contributed by atoms with Gasteiger partial charge in [-0.2, -0.15) is 0 Å². The number of benzene rings is 1.